The summed E-state index contributed by atoms with van der Waals surface area (Å²) in [4.78, 5) is 1.12. The number of hydrogen-bond acceptors (Lipinski definition) is 3. The van der Waals surface area contributed by atoms with Gasteiger partial charge in [-0.25, -0.2) is 0 Å². The average Bonchev–Trinajstić information content (AvgIpc) is 2.09. The van der Waals surface area contributed by atoms with Crippen molar-refractivity contribution >= 4 is 17.4 Å². The highest BCUT2D eigenvalue weighted by Gasteiger charge is 1.88. The number of nitrogens with two attached hydrogens (primary N) is 1. The van der Waals surface area contributed by atoms with Gasteiger partial charge >= 0.3 is 0 Å². The Labute approximate surface area is 76.1 Å². The molecule has 3 heteroatoms. The van der Waals surface area contributed by atoms with Gasteiger partial charge in [0.25, 0.3) is 0 Å². The lowest BCUT2D eigenvalue weighted by Crippen LogP contribution is -1.81. The van der Waals surface area contributed by atoms with Gasteiger partial charge in [0.2, 0.25) is 0 Å². The van der Waals surface area contributed by atoms with Crippen LogP contribution in [0.2, 0.25) is 0 Å². The third kappa shape index (κ3) is 2.98. The highest BCUT2D eigenvalue weighted by molar-refractivity contribution is 8.02. The fourth-order valence-corrected chi connectivity index (χ4v) is 1.35. The van der Waals surface area contributed by atoms with Crippen LogP contribution in [0.3, 0.4) is 0 Å². The fourth-order valence-electron chi connectivity index (χ4n) is 0.716. The Bertz CT molecular complexity index is 256. The Morgan fingerprint density at radius 1 is 1.33 bits per heavy atom. The molecule has 0 heterocycles. The van der Waals surface area contributed by atoms with E-state index in [4.69, 9.17) is 10.8 Å². The van der Waals surface area contributed by atoms with Crippen molar-refractivity contribution in [1.82, 2.24) is 0 Å². The van der Waals surface area contributed by atoms with E-state index < -0.39 is 0 Å². The van der Waals surface area contributed by atoms with E-state index in [0.29, 0.717) is 0 Å². The first-order valence-corrected chi connectivity index (χ1v) is 4.49. The number of aliphatic hydroxyl groups excluding tert-OH is 1. The molecule has 0 aromatic heterocycles. The van der Waals surface area contributed by atoms with Crippen molar-refractivity contribution in [3.63, 3.8) is 0 Å². The molecule has 3 N–H and O–H groups in total. The number of aliphatic hydroxyl groups is 1. The van der Waals surface area contributed by atoms with Gasteiger partial charge in [-0.05, 0) is 29.7 Å². The quantitative estimate of drug-likeness (QED) is 0.552. The van der Waals surface area contributed by atoms with Gasteiger partial charge in [-0.2, -0.15) is 0 Å². The van der Waals surface area contributed by atoms with Crippen LogP contribution < -0.4 is 5.73 Å². The minimum Gasteiger partial charge on any atom is -0.399 e. The molecular weight excluding hydrogens is 170 g/mol. The lowest BCUT2D eigenvalue weighted by atomic mass is 10.3. The summed E-state index contributed by atoms with van der Waals surface area (Å²) in [6.45, 7) is 0.0853. The summed E-state index contributed by atoms with van der Waals surface area (Å²) in [7, 11) is 0. The van der Waals surface area contributed by atoms with Crippen LogP contribution >= 0.6 is 11.8 Å². The van der Waals surface area contributed by atoms with E-state index in [9.17, 15) is 0 Å². The van der Waals surface area contributed by atoms with Gasteiger partial charge in [0.05, 0.1) is 6.61 Å². The molecule has 0 aliphatic carbocycles. The van der Waals surface area contributed by atoms with E-state index in [1.54, 1.807) is 17.8 Å². The van der Waals surface area contributed by atoms with Crippen LogP contribution in [0.5, 0.6) is 0 Å². The lowest BCUT2D eigenvalue weighted by Gasteiger charge is -1.95. The first-order chi connectivity index (χ1) is 5.83. The van der Waals surface area contributed by atoms with Crippen molar-refractivity contribution < 1.29 is 5.11 Å². The summed E-state index contributed by atoms with van der Waals surface area (Å²) in [5.74, 6) is 0. The van der Waals surface area contributed by atoms with Gasteiger partial charge in [-0.3, -0.25) is 0 Å². The first-order valence-electron chi connectivity index (χ1n) is 3.61. The Morgan fingerprint density at radius 2 is 2.00 bits per heavy atom. The van der Waals surface area contributed by atoms with Crippen molar-refractivity contribution in [1.29, 1.82) is 0 Å². The molecule has 0 fully saturated rings. The Balaban J connectivity index is 2.53. The SMILES string of the molecule is Nc1ccc(S/C=C/CO)cc1. The van der Waals surface area contributed by atoms with E-state index in [-0.39, 0.29) is 6.61 Å². The average molecular weight is 181 g/mol. The van der Waals surface area contributed by atoms with Crippen LogP contribution in [0.4, 0.5) is 5.69 Å². The zero-order valence-corrected chi connectivity index (χ0v) is 7.42. The number of thioether (sulfide) groups is 1. The molecule has 0 aliphatic heterocycles. The van der Waals surface area contributed by atoms with Gasteiger partial charge in [0.1, 0.15) is 0 Å². The molecule has 0 saturated carbocycles. The molecule has 64 valence electrons. The van der Waals surface area contributed by atoms with Gasteiger partial charge in [-0.1, -0.05) is 17.8 Å². The second-order valence-electron chi connectivity index (χ2n) is 2.24. The van der Waals surface area contributed by atoms with Crippen LogP contribution in [0.1, 0.15) is 0 Å². The van der Waals surface area contributed by atoms with E-state index in [2.05, 4.69) is 0 Å². The third-order valence-corrected chi connectivity index (χ3v) is 2.16. The smallest absolute Gasteiger partial charge is 0.0620 e. The van der Waals surface area contributed by atoms with Gasteiger partial charge < -0.3 is 10.8 Å². The summed E-state index contributed by atoms with van der Waals surface area (Å²) in [6.07, 6.45) is 1.70. The first kappa shape index (κ1) is 9.16. The van der Waals surface area contributed by atoms with E-state index in [0.717, 1.165) is 10.6 Å². The minimum absolute atomic E-state index is 0.0853. The Hall–Kier alpha value is -0.930. The van der Waals surface area contributed by atoms with Crippen LogP contribution in [0.25, 0.3) is 0 Å². The molecule has 0 aliphatic rings. The van der Waals surface area contributed by atoms with Crippen molar-refractivity contribution in [2.24, 2.45) is 0 Å². The summed E-state index contributed by atoms with van der Waals surface area (Å²) < 4.78 is 0. The van der Waals surface area contributed by atoms with E-state index >= 15 is 0 Å². The van der Waals surface area contributed by atoms with Crippen LogP contribution in [0.15, 0.2) is 40.6 Å². The number of hydrogen-bond donors (Lipinski definition) is 2. The molecule has 0 unspecified atom stereocenters. The second-order valence-corrected chi connectivity index (χ2v) is 3.22. The van der Waals surface area contributed by atoms with Crippen LogP contribution in [-0.2, 0) is 0 Å². The maximum atomic E-state index is 8.47. The molecule has 1 aromatic carbocycles. The molecule has 1 aromatic rings. The third-order valence-electron chi connectivity index (χ3n) is 1.29. The molecule has 0 bridgehead atoms. The molecule has 0 spiro atoms. The molecule has 0 saturated heterocycles. The van der Waals surface area contributed by atoms with Crippen molar-refractivity contribution in [3.05, 3.63) is 35.7 Å². The summed E-state index contributed by atoms with van der Waals surface area (Å²) >= 11 is 1.56. The summed E-state index contributed by atoms with van der Waals surface area (Å²) in [6, 6.07) is 7.60. The minimum atomic E-state index is 0.0853. The highest BCUT2D eigenvalue weighted by Crippen LogP contribution is 2.19. The van der Waals surface area contributed by atoms with Crippen LogP contribution in [-0.4, -0.2) is 11.7 Å². The highest BCUT2D eigenvalue weighted by atomic mass is 32.2. The fraction of sp³-hybridized carbons (Fsp3) is 0.111. The van der Waals surface area contributed by atoms with Crippen LogP contribution in [0, 0.1) is 0 Å². The molecule has 12 heavy (non-hydrogen) atoms. The van der Waals surface area contributed by atoms with Gasteiger partial charge in [-0.15, -0.1) is 0 Å². The van der Waals surface area contributed by atoms with Crippen molar-refractivity contribution in [2.45, 2.75) is 4.90 Å². The Kier molecular flexibility index (Phi) is 3.70. The molecule has 2 nitrogen and oxygen atoms in total. The topological polar surface area (TPSA) is 46.2 Å². The maximum absolute atomic E-state index is 8.47. The zero-order valence-electron chi connectivity index (χ0n) is 6.60. The largest absolute Gasteiger partial charge is 0.399 e. The standard InChI is InChI=1S/C9H11NOS/c10-8-2-4-9(5-3-8)12-7-1-6-11/h1-5,7,11H,6,10H2/b7-1+. The molecular formula is C9H11NOS. The maximum Gasteiger partial charge on any atom is 0.0620 e. The van der Waals surface area contributed by atoms with Crippen molar-refractivity contribution in [2.75, 3.05) is 12.3 Å². The predicted molar refractivity (Wildman–Crippen MR) is 52.9 cm³/mol. The van der Waals surface area contributed by atoms with E-state index in [1.165, 1.54) is 0 Å². The zero-order chi connectivity index (χ0) is 8.81. The molecule has 0 atom stereocenters. The molecule has 1 rings (SSSR count). The normalized spacial score (nSPS) is 10.8. The molecule has 0 amide bonds. The van der Waals surface area contributed by atoms with Gasteiger partial charge in [0, 0.05) is 10.6 Å². The van der Waals surface area contributed by atoms with E-state index in [1.807, 2.05) is 29.7 Å². The lowest BCUT2D eigenvalue weighted by molar-refractivity contribution is 0.343. The number of rotatable bonds is 3. The van der Waals surface area contributed by atoms with Gasteiger partial charge in [0.15, 0.2) is 0 Å². The summed E-state index contributed by atoms with van der Waals surface area (Å²) in [5, 5.41) is 10.3. The second kappa shape index (κ2) is 4.85. The van der Waals surface area contributed by atoms with Crippen molar-refractivity contribution in [3.8, 4) is 0 Å². The number of nitrogen functional groups attached to an aromatic ring is 1. The summed E-state index contributed by atoms with van der Waals surface area (Å²) in [5.41, 5.74) is 6.28. The number of anilines is 1. The molecule has 0 radical (unpaired) electrons. The monoisotopic (exact) mass is 181 g/mol. The Morgan fingerprint density at radius 3 is 2.58 bits per heavy atom. The predicted octanol–water partition coefficient (Wildman–Crippen LogP) is 1.87. The number of benzene rings is 1.